The molecular formula is C9H14Ti. The van der Waals surface area contributed by atoms with Gasteiger partial charge in [0, 0.05) is 0 Å². The minimum atomic E-state index is 0. The van der Waals surface area contributed by atoms with Crippen LogP contribution in [0, 0.1) is 5.92 Å². The summed E-state index contributed by atoms with van der Waals surface area (Å²) in [6, 6.07) is 10.0. The van der Waals surface area contributed by atoms with Gasteiger partial charge in [-0.3, -0.25) is 0 Å². The molecule has 54 valence electrons. The van der Waals surface area contributed by atoms with Gasteiger partial charge in [0.05, 0.1) is 0 Å². The molecule has 1 rings (SSSR count). The van der Waals surface area contributed by atoms with Crippen LogP contribution in [0.25, 0.3) is 0 Å². The van der Waals surface area contributed by atoms with Gasteiger partial charge in [0.1, 0.15) is 0 Å². The van der Waals surface area contributed by atoms with Crippen LogP contribution in [-0.4, -0.2) is 0 Å². The maximum absolute atomic E-state index is 2.08. The van der Waals surface area contributed by atoms with E-state index in [1.54, 1.807) is 0 Å². The molecule has 0 bridgehead atoms. The third-order valence-electron chi connectivity index (χ3n) is 0.556. The van der Waals surface area contributed by atoms with Crippen LogP contribution in [0.3, 0.4) is 0 Å². The standard InChI is InChI=1S/C5H5.C4H9.Ti/c1-2-4-5-3-1;1-4(2)3;/h1-5H;1-3H3;/q2*-1;+2. The van der Waals surface area contributed by atoms with Crippen molar-refractivity contribution in [3.8, 4) is 0 Å². The minimum absolute atomic E-state index is 0. The van der Waals surface area contributed by atoms with Crippen molar-refractivity contribution >= 4 is 0 Å². The third kappa shape index (κ3) is 15.7. The first-order valence-corrected chi connectivity index (χ1v) is 3.17. The molecule has 0 spiro atoms. The predicted molar refractivity (Wildman–Crippen MR) is 42.3 cm³/mol. The van der Waals surface area contributed by atoms with E-state index in [1.807, 2.05) is 30.3 Å². The van der Waals surface area contributed by atoms with Gasteiger partial charge in [-0.15, -0.1) is 0 Å². The number of hydrogen-bond donors (Lipinski definition) is 0. The molecule has 1 heteroatoms. The summed E-state index contributed by atoms with van der Waals surface area (Å²) < 4.78 is 0. The van der Waals surface area contributed by atoms with Crippen molar-refractivity contribution in [1.82, 2.24) is 0 Å². The molecule has 1 aromatic rings. The zero-order chi connectivity index (χ0) is 7.11. The second-order valence-electron chi connectivity index (χ2n) is 2.46. The summed E-state index contributed by atoms with van der Waals surface area (Å²) >= 11 is 0. The van der Waals surface area contributed by atoms with Crippen molar-refractivity contribution in [2.45, 2.75) is 20.8 Å². The zero-order valence-electron chi connectivity index (χ0n) is 6.89. The van der Waals surface area contributed by atoms with Crippen LogP contribution in [0.5, 0.6) is 0 Å². The van der Waals surface area contributed by atoms with Crippen LogP contribution in [0.1, 0.15) is 20.8 Å². The maximum Gasteiger partial charge on any atom is 2.00 e. The summed E-state index contributed by atoms with van der Waals surface area (Å²) in [6.07, 6.45) is 0. The fraction of sp³-hybridized carbons (Fsp3) is 0.333. The van der Waals surface area contributed by atoms with Crippen molar-refractivity contribution in [2.24, 2.45) is 0 Å². The predicted octanol–water partition coefficient (Wildman–Crippen LogP) is 3.02. The summed E-state index contributed by atoms with van der Waals surface area (Å²) in [5, 5.41) is 0. The molecule has 0 heterocycles. The summed E-state index contributed by atoms with van der Waals surface area (Å²) in [7, 11) is 0. The van der Waals surface area contributed by atoms with Gasteiger partial charge < -0.3 is 5.92 Å². The average Bonchev–Trinajstić information content (AvgIpc) is 2.11. The average molecular weight is 170 g/mol. The Labute approximate surface area is 78.9 Å². The Hall–Kier alpha value is 0.0643. The van der Waals surface area contributed by atoms with Gasteiger partial charge in [0.2, 0.25) is 0 Å². The largest absolute Gasteiger partial charge is 2.00 e. The summed E-state index contributed by atoms with van der Waals surface area (Å²) in [5.41, 5.74) is 0. The molecule has 0 saturated heterocycles. The van der Waals surface area contributed by atoms with Gasteiger partial charge in [-0.05, 0) is 0 Å². The fourth-order valence-electron chi connectivity index (χ4n) is 0.321. The van der Waals surface area contributed by atoms with Crippen molar-refractivity contribution < 1.29 is 21.7 Å². The van der Waals surface area contributed by atoms with Crippen molar-refractivity contribution in [3.05, 3.63) is 36.2 Å². The van der Waals surface area contributed by atoms with Gasteiger partial charge in [-0.1, -0.05) is 0 Å². The number of rotatable bonds is 0. The van der Waals surface area contributed by atoms with Crippen LogP contribution >= 0.6 is 0 Å². The first kappa shape index (κ1) is 12.7. The van der Waals surface area contributed by atoms with E-state index < -0.39 is 0 Å². The topological polar surface area (TPSA) is 0 Å². The Morgan fingerprint density at radius 1 is 1.00 bits per heavy atom. The van der Waals surface area contributed by atoms with E-state index in [9.17, 15) is 0 Å². The maximum atomic E-state index is 2.08. The first-order valence-electron chi connectivity index (χ1n) is 3.17. The Balaban J connectivity index is 0. The Morgan fingerprint density at radius 3 is 1.40 bits per heavy atom. The van der Waals surface area contributed by atoms with Crippen LogP contribution in [0.2, 0.25) is 0 Å². The number of hydrogen-bond acceptors (Lipinski definition) is 0. The van der Waals surface area contributed by atoms with Crippen molar-refractivity contribution in [3.63, 3.8) is 0 Å². The molecule has 0 atom stereocenters. The molecule has 0 aliphatic rings. The summed E-state index contributed by atoms with van der Waals surface area (Å²) in [6.45, 7) is 6.25. The van der Waals surface area contributed by atoms with Gasteiger partial charge >= 0.3 is 21.7 Å². The molecule has 0 aromatic heterocycles. The molecule has 0 aliphatic carbocycles. The van der Waals surface area contributed by atoms with Gasteiger partial charge in [0.15, 0.2) is 0 Å². The van der Waals surface area contributed by atoms with Gasteiger partial charge in [0.25, 0.3) is 0 Å². The van der Waals surface area contributed by atoms with Crippen LogP contribution in [0.4, 0.5) is 0 Å². The fourth-order valence-corrected chi connectivity index (χ4v) is 0.321. The molecule has 10 heavy (non-hydrogen) atoms. The first-order chi connectivity index (χ1) is 4.23. The van der Waals surface area contributed by atoms with Gasteiger partial charge in [-0.2, -0.15) is 39.0 Å². The normalized spacial score (nSPS) is 7.60. The second kappa shape index (κ2) is 9.06. The van der Waals surface area contributed by atoms with E-state index in [0.29, 0.717) is 0 Å². The molecule has 0 nitrogen and oxygen atoms in total. The molecule has 0 unspecified atom stereocenters. The summed E-state index contributed by atoms with van der Waals surface area (Å²) in [4.78, 5) is 0. The second-order valence-corrected chi connectivity index (χ2v) is 2.46. The smallest absolute Gasteiger partial charge is 0.323 e. The Bertz CT molecular complexity index is 88.3. The molecule has 0 N–H and O–H groups in total. The molecule has 0 fully saturated rings. The molecule has 0 aliphatic heterocycles. The van der Waals surface area contributed by atoms with E-state index in [4.69, 9.17) is 0 Å². The van der Waals surface area contributed by atoms with Crippen molar-refractivity contribution in [2.75, 3.05) is 0 Å². The molecule has 0 saturated carbocycles. The minimum Gasteiger partial charge on any atom is -0.323 e. The van der Waals surface area contributed by atoms with E-state index in [0.717, 1.165) is 0 Å². The van der Waals surface area contributed by atoms with E-state index in [2.05, 4.69) is 20.8 Å². The van der Waals surface area contributed by atoms with E-state index in [1.165, 1.54) is 5.92 Å². The SMILES string of the molecule is C[C-](C)C.[Ti+2].c1cc[cH-]c1. The monoisotopic (exact) mass is 170 g/mol. The quantitative estimate of drug-likeness (QED) is 0.414. The Morgan fingerprint density at radius 2 is 1.30 bits per heavy atom. The van der Waals surface area contributed by atoms with Crippen LogP contribution in [0.15, 0.2) is 30.3 Å². The van der Waals surface area contributed by atoms with Crippen molar-refractivity contribution in [1.29, 1.82) is 0 Å². The molecule has 0 amide bonds. The molecular weight excluding hydrogens is 156 g/mol. The zero-order valence-corrected chi connectivity index (χ0v) is 8.45. The van der Waals surface area contributed by atoms with E-state index >= 15 is 0 Å². The van der Waals surface area contributed by atoms with Crippen LogP contribution in [-0.2, 0) is 21.7 Å². The van der Waals surface area contributed by atoms with E-state index in [-0.39, 0.29) is 21.7 Å². The van der Waals surface area contributed by atoms with Crippen LogP contribution < -0.4 is 0 Å². The summed E-state index contributed by atoms with van der Waals surface area (Å²) in [5.74, 6) is 1.42. The van der Waals surface area contributed by atoms with Gasteiger partial charge in [-0.25, -0.2) is 12.1 Å². The Kier molecular flexibility index (Phi) is 11.5. The molecule has 0 radical (unpaired) electrons. The third-order valence-corrected chi connectivity index (χ3v) is 0.556. The molecule has 1 aromatic carbocycles.